The molecule has 3 aromatic rings. The first-order chi connectivity index (χ1) is 16.0. The zero-order chi connectivity index (χ0) is 23.0. The number of para-hydroxylation sites is 1. The molecule has 172 valence electrons. The van der Waals surface area contributed by atoms with Crippen LogP contribution in [-0.4, -0.2) is 39.4 Å². The molecule has 1 N–H and O–H groups in total. The number of rotatable bonds is 5. The van der Waals surface area contributed by atoms with Crippen molar-refractivity contribution in [3.8, 4) is 0 Å². The zero-order valence-corrected chi connectivity index (χ0v) is 19.6. The Balaban J connectivity index is 1.52. The van der Waals surface area contributed by atoms with Gasteiger partial charge in [-0.05, 0) is 43.4 Å². The molecule has 0 unspecified atom stereocenters. The molecule has 2 amide bonds. The lowest BCUT2D eigenvalue weighted by Crippen LogP contribution is -2.65. The minimum Gasteiger partial charge on any atom is -0.351 e. The third kappa shape index (κ3) is 3.94. The summed E-state index contributed by atoms with van der Waals surface area (Å²) < 4.78 is 2.04. The van der Waals surface area contributed by atoms with Crippen molar-refractivity contribution < 1.29 is 9.59 Å². The number of aromatic nitrogens is 1. The van der Waals surface area contributed by atoms with Gasteiger partial charge in [0, 0.05) is 23.5 Å². The SMILES string of the molecule is C[C@@H](CN1C(=O)c2cc3ccccc3n2C[C@@]1(C)C(=O)NC1CCCCC1)c1ccccc1. The molecule has 1 saturated carbocycles. The number of carbonyl (C=O) groups excluding carboxylic acids is 2. The summed E-state index contributed by atoms with van der Waals surface area (Å²) in [6, 6.07) is 20.5. The molecule has 5 heteroatoms. The van der Waals surface area contributed by atoms with E-state index in [1.54, 1.807) is 0 Å². The molecule has 1 aromatic heterocycles. The highest BCUT2D eigenvalue weighted by atomic mass is 16.2. The second-order valence-electron chi connectivity index (χ2n) is 9.98. The van der Waals surface area contributed by atoms with Gasteiger partial charge in [-0.25, -0.2) is 0 Å². The van der Waals surface area contributed by atoms with E-state index >= 15 is 0 Å². The van der Waals surface area contributed by atoms with Crippen molar-refractivity contribution in [3.63, 3.8) is 0 Å². The fraction of sp³-hybridized carbons (Fsp3) is 0.429. The second-order valence-corrected chi connectivity index (χ2v) is 9.98. The molecule has 5 rings (SSSR count). The number of nitrogens with one attached hydrogen (secondary N) is 1. The summed E-state index contributed by atoms with van der Waals surface area (Å²) in [5.41, 5.74) is 1.89. The summed E-state index contributed by atoms with van der Waals surface area (Å²) in [5, 5.41) is 4.35. The van der Waals surface area contributed by atoms with Gasteiger partial charge in [-0.1, -0.05) is 74.7 Å². The van der Waals surface area contributed by atoms with Crippen LogP contribution in [0.25, 0.3) is 10.9 Å². The molecule has 2 heterocycles. The van der Waals surface area contributed by atoms with Crippen LogP contribution in [0.1, 0.15) is 67.9 Å². The fourth-order valence-corrected chi connectivity index (χ4v) is 5.54. The molecule has 0 radical (unpaired) electrons. The lowest BCUT2D eigenvalue weighted by atomic mass is 9.89. The van der Waals surface area contributed by atoms with E-state index in [4.69, 9.17) is 0 Å². The predicted molar refractivity (Wildman–Crippen MR) is 131 cm³/mol. The summed E-state index contributed by atoms with van der Waals surface area (Å²) in [6.45, 7) is 5.03. The normalized spacial score (nSPS) is 22.2. The van der Waals surface area contributed by atoms with E-state index in [2.05, 4.69) is 24.4 Å². The van der Waals surface area contributed by atoms with Gasteiger partial charge in [0.05, 0.1) is 6.54 Å². The van der Waals surface area contributed by atoms with E-state index in [1.807, 2.05) is 64.9 Å². The van der Waals surface area contributed by atoms with Crippen molar-refractivity contribution in [1.82, 2.24) is 14.8 Å². The van der Waals surface area contributed by atoms with Gasteiger partial charge in [-0.2, -0.15) is 0 Å². The van der Waals surface area contributed by atoms with Crippen molar-refractivity contribution in [2.45, 2.75) is 70.0 Å². The van der Waals surface area contributed by atoms with Crippen LogP contribution < -0.4 is 5.32 Å². The van der Waals surface area contributed by atoms with Crippen molar-refractivity contribution in [2.24, 2.45) is 0 Å². The van der Waals surface area contributed by atoms with Gasteiger partial charge in [0.15, 0.2) is 0 Å². The Kier molecular flexibility index (Phi) is 5.73. The van der Waals surface area contributed by atoms with Crippen LogP contribution in [0.3, 0.4) is 0 Å². The lowest BCUT2D eigenvalue weighted by molar-refractivity contribution is -0.133. The van der Waals surface area contributed by atoms with E-state index in [-0.39, 0.29) is 23.8 Å². The fourth-order valence-electron chi connectivity index (χ4n) is 5.54. The highest BCUT2D eigenvalue weighted by Gasteiger charge is 2.48. The van der Waals surface area contributed by atoms with Gasteiger partial charge in [0.1, 0.15) is 11.2 Å². The maximum atomic E-state index is 13.9. The van der Waals surface area contributed by atoms with Crippen LogP contribution in [0.4, 0.5) is 0 Å². The lowest BCUT2D eigenvalue weighted by Gasteiger charge is -2.45. The number of carbonyl (C=O) groups is 2. The Morgan fingerprint density at radius 3 is 2.52 bits per heavy atom. The number of benzene rings is 2. The largest absolute Gasteiger partial charge is 0.351 e. The van der Waals surface area contributed by atoms with Crippen LogP contribution in [-0.2, 0) is 11.3 Å². The van der Waals surface area contributed by atoms with E-state index < -0.39 is 5.54 Å². The first kappa shape index (κ1) is 21.7. The van der Waals surface area contributed by atoms with Gasteiger partial charge < -0.3 is 14.8 Å². The zero-order valence-electron chi connectivity index (χ0n) is 19.6. The Bertz CT molecular complexity index is 1160. The average molecular weight is 444 g/mol. The summed E-state index contributed by atoms with van der Waals surface area (Å²) >= 11 is 0. The number of hydrogen-bond donors (Lipinski definition) is 1. The summed E-state index contributed by atoms with van der Waals surface area (Å²) in [6.07, 6.45) is 5.59. The maximum absolute atomic E-state index is 13.9. The first-order valence-corrected chi connectivity index (χ1v) is 12.2. The molecule has 1 aliphatic carbocycles. The van der Waals surface area contributed by atoms with E-state index in [1.165, 1.54) is 12.0 Å². The molecule has 0 spiro atoms. The molecule has 2 aliphatic rings. The molecular formula is C28H33N3O2. The van der Waals surface area contributed by atoms with Gasteiger partial charge in [0.2, 0.25) is 5.91 Å². The van der Waals surface area contributed by atoms with Crippen molar-refractivity contribution in [2.75, 3.05) is 6.54 Å². The van der Waals surface area contributed by atoms with Gasteiger partial charge in [-0.3, -0.25) is 9.59 Å². The standard InChI is InChI=1S/C28H33N3O2/c1-20(21-11-5-3-6-12-21)18-31-26(32)25-17-22-13-9-10-16-24(22)30(25)19-28(31,2)27(33)29-23-14-7-4-8-15-23/h3,5-6,9-13,16-17,20,23H,4,7-8,14-15,18-19H2,1-2H3,(H,29,33)/t20-,28-/m0/s1. The topological polar surface area (TPSA) is 54.3 Å². The Morgan fingerprint density at radius 1 is 1.06 bits per heavy atom. The molecule has 1 fully saturated rings. The molecule has 2 aromatic carbocycles. The third-order valence-electron chi connectivity index (χ3n) is 7.59. The Hall–Kier alpha value is -3.08. The van der Waals surface area contributed by atoms with Gasteiger partial charge in [-0.15, -0.1) is 0 Å². The van der Waals surface area contributed by atoms with Crippen LogP contribution in [0.15, 0.2) is 60.7 Å². The van der Waals surface area contributed by atoms with Gasteiger partial charge in [0.25, 0.3) is 5.91 Å². The van der Waals surface area contributed by atoms with E-state index in [9.17, 15) is 9.59 Å². The van der Waals surface area contributed by atoms with Crippen LogP contribution in [0.2, 0.25) is 0 Å². The first-order valence-electron chi connectivity index (χ1n) is 12.2. The van der Waals surface area contributed by atoms with Crippen molar-refractivity contribution >= 4 is 22.7 Å². The van der Waals surface area contributed by atoms with Crippen LogP contribution >= 0.6 is 0 Å². The van der Waals surface area contributed by atoms with Crippen LogP contribution in [0, 0.1) is 0 Å². The third-order valence-corrected chi connectivity index (χ3v) is 7.59. The molecule has 0 bridgehead atoms. The van der Waals surface area contributed by atoms with Gasteiger partial charge >= 0.3 is 0 Å². The number of hydrogen-bond acceptors (Lipinski definition) is 2. The maximum Gasteiger partial charge on any atom is 0.271 e. The molecule has 2 atom stereocenters. The number of nitrogens with zero attached hydrogens (tertiary/aromatic N) is 2. The quantitative estimate of drug-likeness (QED) is 0.596. The molecule has 33 heavy (non-hydrogen) atoms. The van der Waals surface area contributed by atoms with E-state index in [0.29, 0.717) is 18.8 Å². The highest BCUT2D eigenvalue weighted by molar-refractivity contribution is 6.03. The van der Waals surface area contributed by atoms with Crippen molar-refractivity contribution in [1.29, 1.82) is 0 Å². The Morgan fingerprint density at radius 2 is 1.76 bits per heavy atom. The predicted octanol–water partition coefficient (Wildman–Crippen LogP) is 5.11. The number of amides is 2. The molecular weight excluding hydrogens is 410 g/mol. The smallest absolute Gasteiger partial charge is 0.271 e. The molecule has 5 nitrogen and oxygen atoms in total. The molecule has 0 saturated heterocycles. The highest BCUT2D eigenvalue weighted by Crippen LogP contribution is 2.34. The Labute approximate surface area is 195 Å². The summed E-state index contributed by atoms with van der Waals surface area (Å²) in [5.74, 6) is 0.0147. The van der Waals surface area contributed by atoms with Crippen molar-refractivity contribution in [3.05, 3.63) is 71.9 Å². The molecule has 1 aliphatic heterocycles. The summed E-state index contributed by atoms with van der Waals surface area (Å²) in [4.78, 5) is 29.5. The minimum absolute atomic E-state index is 0.0357. The summed E-state index contributed by atoms with van der Waals surface area (Å²) in [7, 11) is 0. The average Bonchev–Trinajstić information content (AvgIpc) is 3.21. The minimum atomic E-state index is -0.952. The monoisotopic (exact) mass is 443 g/mol. The number of fused-ring (bicyclic) bond motifs is 3. The second kappa shape index (κ2) is 8.69. The van der Waals surface area contributed by atoms with Crippen LogP contribution in [0.5, 0.6) is 0 Å². The van der Waals surface area contributed by atoms with E-state index in [0.717, 1.165) is 36.6 Å².